The molecule has 0 unspecified atom stereocenters. The van der Waals surface area contributed by atoms with Gasteiger partial charge in [-0.1, -0.05) is 29.8 Å². The highest BCUT2D eigenvalue weighted by Gasteiger charge is 2.16. The monoisotopic (exact) mass is 393 g/mol. The second-order valence-corrected chi connectivity index (χ2v) is 6.78. The Kier molecular flexibility index (Phi) is 4.49. The first-order valence-corrected chi connectivity index (χ1v) is 9.13. The Morgan fingerprint density at radius 1 is 1.07 bits per heavy atom. The van der Waals surface area contributed by atoms with Gasteiger partial charge >= 0.3 is 0 Å². The number of aromatic nitrogens is 1. The molecule has 0 radical (unpaired) electrons. The van der Waals surface area contributed by atoms with Crippen molar-refractivity contribution >= 4 is 50.7 Å². The molecule has 1 heterocycles. The number of hydrogen-bond acceptors (Lipinski definition) is 3. The van der Waals surface area contributed by atoms with Gasteiger partial charge in [-0.15, -0.1) is 0 Å². The first-order chi connectivity index (χ1) is 13.5. The first-order valence-electron chi connectivity index (χ1n) is 8.76. The molecular weight excluding hydrogens is 378 g/mol. The highest BCUT2D eigenvalue weighted by molar-refractivity contribution is 6.34. The van der Waals surface area contributed by atoms with E-state index in [1.807, 2.05) is 30.3 Å². The zero-order valence-corrected chi connectivity index (χ0v) is 15.7. The van der Waals surface area contributed by atoms with Crippen molar-refractivity contribution in [2.45, 2.75) is 13.5 Å². The topological polar surface area (TPSA) is 77.2 Å². The smallest absolute Gasteiger partial charge is 0.270 e. The molecule has 1 amide bonds. The number of nitrogens with zero attached hydrogens (tertiary/aromatic N) is 2. The van der Waals surface area contributed by atoms with Crippen LogP contribution in [0.2, 0.25) is 5.02 Å². The predicted molar refractivity (Wildman–Crippen MR) is 111 cm³/mol. The van der Waals surface area contributed by atoms with E-state index >= 15 is 0 Å². The van der Waals surface area contributed by atoms with Crippen molar-refractivity contribution in [3.05, 3.63) is 81.4 Å². The minimum absolute atomic E-state index is 0.0374. The van der Waals surface area contributed by atoms with Crippen LogP contribution in [0, 0.1) is 10.1 Å². The van der Waals surface area contributed by atoms with Crippen LogP contribution in [0.1, 0.15) is 17.3 Å². The SMILES string of the molecule is CCn1c2ccccc2c2cc(NC(=O)c3ccc([N+](=O)[O-])cc3Cl)ccc21. The van der Waals surface area contributed by atoms with E-state index in [-0.39, 0.29) is 16.3 Å². The Morgan fingerprint density at radius 2 is 1.82 bits per heavy atom. The zero-order valence-electron chi connectivity index (χ0n) is 15.0. The van der Waals surface area contributed by atoms with Gasteiger partial charge < -0.3 is 9.88 Å². The van der Waals surface area contributed by atoms with Gasteiger partial charge in [0.05, 0.1) is 15.5 Å². The zero-order chi connectivity index (χ0) is 19.8. The third-order valence-corrected chi connectivity index (χ3v) is 5.07. The summed E-state index contributed by atoms with van der Waals surface area (Å²) in [4.78, 5) is 22.9. The van der Waals surface area contributed by atoms with Crippen molar-refractivity contribution in [3.63, 3.8) is 0 Å². The largest absolute Gasteiger partial charge is 0.341 e. The summed E-state index contributed by atoms with van der Waals surface area (Å²) in [6, 6.07) is 17.7. The Morgan fingerprint density at radius 3 is 2.54 bits per heavy atom. The number of amides is 1. The molecule has 7 heteroatoms. The molecule has 4 rings (SSSR count). The number of rotatable bonds is 4. The van der Waals surface area contributed by atoms with E-state index in [1.54, 1.807) is 0 Å². The third-order valence-electron chi connectivity index (χ3n) is 4.75. The molecule has 4 aromatic rings. The Bertz CT molecular complexity index is 1250. The average molecular weight is 394 g/mol. The molecule has 140 valence electrons. The molecule has 1 N–H and O–H groups in total. The van der Waals surface area contributed by atoms with E-state index in [1.165, 1.54) is 18.2 Å². The maximum Gasteiger partial charge on any atom is 0.270 e. The minimum atomic E-state index is -0.551. The van der Waals surface area contributed by atoms with Gasteiger partial charge in [0.15, 0.2) is 0 Å². The maximum atomic E-state index is 12.6. The van der Waals surface area contributed by atoms with E-state index in [0.717, 1.165) is 28.4 Å². The molecule has 3 aromatic carbocycles. The van der Waals surface area contributed by atoms with Crippen molar-refractivity contribution in [2.24, 2.45) is 0 Å². The summed E-state index contributed by atoms with van der Waals surface area (Å²) in [6.07, 6.45) is 0. The summed E-state index contributed by atoms with van der Waals surface area (Å²) in [5.74, 6) is -0.418. The Balaban J connectivity index is 1.71. The predicted octanol–water partition coefficient (Wildman–Crippen LogP) is 5.63. The lowest BCUT2D eigenvalue weighted by atomic mass is 10.1. The second-order valence-electron chi connectivity index (χ2n) is 6.37. The summed E-state index contributed by atoms with van der Waals surface area (Å²) in [6.45, 7) is 2.94. The molecule has 0 spiro atoms. The van der Waals surface area contributed by atoms with Crippen molar-refractivity contribution in [3.8, 4) is 0 Å². The van der Waals surface area contributed by atoms with E-state index in [9.17, 15) is 14.9 Å². The van der Waals surface area contributed by atoms with E-state index in [2.05, 4.69) is 28.9 Å². The lowest BCUT2D eigenvalue weighted by Gasteiger charge is -2.08. The van der Waals surface area contributed by atoms with Crippen LogP contribution in [0.3, 0.4) is 0 Å². The van der Waals surface area contributed by atoms with Crippen molar-refractivity contribution in [2.75, 3.05) is 5.32 Å². The van der Waals surface area contributed by atoms with Crippen LogP contribution in [0.25, 0.3) is 21.8 Å². The summed E-state index contributed by atoms with van der Waals surface area (Å²) in [5.41, 5.74) is 2.89. The number of carbonyl (C=O) groups is 1. The standard InChI is InChI=1S/C21H16ClN3O3/c1-2-24-19-6-4-3-5-15(19)17-11-13(7-10-20(17)24)23-21(26)16-9-8-14(25(27)28)12-18(16)22/h3-12H,2H2,1H3,(H,23,26). The number of aryl methyl sites for hydroxylation is 1. The number of halogens is 1. The molecule has 6 nitrogen and oxygen atoms in total. The number of para-hydroxylation sites is 1. The molecule has 0 aliphatic heterocycles. The number of benzene rings is 3. The molecule has 1 aromatic heterocycles. The molecular formula is C21H16ClN3O3. The number of anilines is 1. The summed E-state index contributed by atoms with van der Waals surface area (Å²) < 4.78 is 2.23. The summed E-state index contributed by atoms with van der Waals surface area (Å²) >= 11 is 6.06. The maximum absolute atomic E-state index is 12.6. The van der Waals surface area contributed by atoms with Crippen molar-refractivity contribution < 1.29 is 9.72 Å². The van der Waals surface area contributed by atoms with Crippen LogP contribution in [0.15, 0.2) is 60.7 Å². The lowest BCUT2D eigenvalue weighted by Crippen LogP contribution is -2.12. The third kappa shape index (κ3) is 2.97. The molecule has 0 aliphatic rings. The Labute approximate surface area is 165 Å². The fourth-order valence-corrected chi connectivity index (χ4v) is 3.73. The van der Waals surface area contributed by atoms with E-state index in [4.69, 9.17) is 11.6 Å². The summed E-state index contributed by atoms with van der Waals surface area (Å²) in [7, 11) is 0. The van der Waals surface area contributed by atoms with Crippen molar-refractivity contribution in [1.29, 1.82) is 0 Å². The van der Waals surface area contributed by atoms with Gasteiger partial charge in [0.25, 0.3) is 11.6 Å². The molecule has 0 saturated carbocycles. The summed E-state index contributed by atoms with van der Waals surface area (Å²) in [5, 5.41) is 15.9. The van der Waals surface area contributed by atoms with Crippen LogP contribution in [-0.4, -0.2) is 15.4 Å². The normalized spacial score (nSPS) is 11.1. The highest BCUT2D eigenvalue weighted by Crippen LogP contribution is 2.31. The molecule has 0 fully saturated rings. The molecule has 0 bridgehead atoms. The number of non-ortho nitro benzene ring substituents is 1. The van der Waals surface area contributed by atoms with E-state index in [0.29, 0.717) is 5.69 Å². The van der Waals surface area contributed by atoms with Crippen LogP contribution < -0.4 is 5.32 Å². The quantitative estimate of drug-likeness (QED) is 0.360. The van der Waals surface area contributed by atoms with Crippen LogP contribution in [0.5, 0.6) is 0 Å². The molecule has 28 heavy (non-hydrogen) atoms. The van der Waals surface area contributed by atoms with Gasteiger partial charge in [0.1, 0.15) is 0 Å². The highest BCUT2D eigenvalue weighted by atomic mass is 35.5. The second kappa shape index (κ2) is 6.98. The average Bonchev–Trinajstić information content (AvgIpc) is 3.00. The molecule has 0 saturated heterocycles. The van der Waals surface area contributed by atoms with Crippen molar-refractivity contribution in [1.82, 2.24) is 4.57 Å². The number of hydrogen-bond donors (Lipinski definition) is 1. The number of nitrogens with one attached hydrogen (secondary N) is 1. The number of nitro groups is 1. The molecule has 0 aliphatic carbocycles. The van der Waals surface area contributed by atoms with E-state index < -0.39 is 10.8 Å². The van der Waals surface area contributed by atoms with Crippen LogP contribution in [0.4, 0.5) is 11.4 Å². The number of nitro benzene ring substituents is 1. The molecule has 0 atom stereocenters. The van der Waals surface area contributed by atoms with Gasteiger partial charge in [0.2, 0.25) is 0 Å². The number of fused-ring (bicyclic) bond motifs is 3. The minimum Gasteiger partial charge on any atom is -0.341 e. The van der Waals surface area contributed by atoms with Gasteiger partial charge in [-0.3, -0.25) is 14.9 Å². The fourth-order valence-electron chi connectivity index (χ4n) is 3.47. The van der Waals surface area contributed by atoms with Gasteiger partial charge in [-0.2, -0.15) is 0 Å². The van der Waals surface area contributed by atoms with Gasteiger partial charge in [0, 0.05) is 46.2 Å². The van der Waals surface area contributed by atoms with Crippen LogP contribution >= 0.6 is 11.6 Å². The van der Waals surface area contributed by atoms with Gasteiger partial charge in [-0.05, 0) is 37.3 Å². The fraction of sp³-hybridized carbons (Fsp3) is 0.0952. The van der Waals surface area contributed by atoms with Gasteiger partial charge in [-0.25, -0.2) is 0 Å². The Hall–Kier alpha value is -3.38. The first kappa shape index (κ1) is 18.0. The number of carbonyl (C=O) groups excluding carboxylic acids is 1. The lowest BCUT2D eigenvalue weighted by molar-refractivity contribution is -0.384. The van der Waals surface area contributed by atoms with Crippen LogP contribution in [-0.2, 0) is 6.54 Å².